The van der Waals surface area contributed by atoms with Crippen molar-refractivity contribution in [2.24, 2.45) is 0 Å². The largest absolute Gasteiger partial charge is 0.360 e. The molecule has 3 nitrogen and oxygen atoms in total. The summed E-state index contributed by atoms with van der Waals surface area (Å²) in [6, 6.07) is 22.2. The molecule has 1 amide bonds. The summed E-state index contributed by atoms with van der Waals surface area (Å²) < 4.78 is 0. The standard InChI is InChI=1S/C23H22N2O/c1-15-8-11-18(12-9-15)22-24-21-7-5-4-6-20(21)23(26)25(22)19-13-10-16(2)17(3)14-19/h4-14,22,24H,1-3H3. The summed E-state index contributed by atoms with van der Waals surface area (Å²) in [6.07, 6.45) is -0.236. The highest BCUT2D eigenvalue weighted by molar-refractivity contribution is 6.12. The van der Waals surface area contributed by atoms with E-state index in [4.69, 9.17) is 0 Å². The lowest BCUT2D eigenvalue weighted by Gasteiger charge is -2.38. The van der Waals surface area contributed by atoms with Gasteiger partial charge in [-0.25, -0.2) is 0 Å². The van der Waals surface area contributed by atoms with E-state index in [2.05, 4.69) is 62.5 Å². The highest BCUT2D eigenvalue weighted by Gasteiger charge is 2.34. The SMILES string of the molecule is Cc1ccc(C2Nc3ccccc3C(=O)N2c2ccc(C)c(C)c2)cc1. The van der Waals surface area contributed by atoms with Crippen molar-refractivity contribution in [1.82, 2.24) is 0 Å². The second kappa shape index (κ2) is 6.34. The molecule has 0 spiro atoms. The van der Waals surface area contributed by atoms with E-state index >= 15 is 0 Å². The van der Waals surface area contributed by atoms with Gasteiger partial charge in [-0.15, -0.1) is 0 Å². The molecule has 1 aliphatic rings. The first-order valence-electron chi connectivity index (χ1n) is 8.87. The van der Waals surface area contributed by atoms with E-state index in [0.717, 1.165) is 16.9 Å². The predicted molar refractivity (Wildman–Crippen MR) is 107 cm³/mol. The van der Waals surface area contributed by atoms with Crippen molar-refractivity contribution in [1.29, 1.82) is 0 Å². The number of aryl methyl sites for hydroxylation is 3. The summed E-state index contributed by atoms with van der Waals surface area (Å²) in [5, 5.41) is 3.55. The number of para-hydroxylation sites is 1. The molecule has 1 aliphatic heterocycles. The maximum Gasteiger partial charge on any atom is 0.262 e. The van der Waals surface area contributed by atoms with E-state index in [0.29, 0.717) is 5.56 Å². The number of amides is 1. The van der Waals surface area contributed by atoms with E-state index in [1.807, 2.05) is 35.2 Å². The minimum absolute atomic E-state index is 0.0215. The first-order chi connectivity index (χ1) is 12.5. The molecule has 0 aliphatic carbocycles. The van der Waals surface area contributed by atoms with Crippen molar-refractivity contribution in [3.63, 3.8) is 0 Å². The lowest BCUT2D eigenvalue weighted by atomic mass is 10.0. The van der Waals surface area contributed by atoms with Gasteiger partial charge in [0, 0.05) is 11.4 Å². The van der Waals surface area contributed by atoms with Crippen molar-refractivity contribution < 1.29 is 4.79 Å². The number of anilines is 2. The molecular weight excluding hydrogens is 320 g/mol. The molecule has 3 heteroatoms. The average molecular weight is 342 g/mol. The average Bonchev–Trinajstić information content (AvgIpc) is 2.65. The lowest BCUT2D eigenvalue weighted by Crippen LogP contribution is -2.43. The lowest BCUT2D eigenvalue weighted by molar-refractivity contribution is 0.0975. The summed E-state index contributed by atoms with van der Waals surface area (Å²) >= 11 is 0. The first-order valence-corrected chi connectivity index (χ1v) is 8.87. The number of hydrogen-bond donors (Lipinski definition) is 1. The molecule has 130 valence electrons. The Morgan fingerprint density at radius 1 is 0.846 bits per heavy atom. The molecule has 0 aromatic heterocycles. The van der Waals surface area contributed by atoms with Crippen LogP contribution >= 0.6 is 0 Å². The smallest absolute Gasteiger partial charge is 0.262 e. The Hall–Kier alpha value is -3.07. The predicted octanol–water partition coefficient (Wildman–Crippen LogP) is 5.38. The molecule has 0 bridgehead atoms. The zero-order chi connectivity index (χ0) is 18.3. The van der Waals surface area contributed by atoms with Gasteiger partial charge in [0.05, 0.1) is 5.56 Å². The van der Waals surface area contributed by atoms with Crippen LogP contribution in [0.4, 0.5) is 11.4 Å². The van der Waals surface area contributed by atoms with Crippen molar-refractivity contribution in [2.45, 2.75) is 26.9 Å². The number of carbonyl (C=O) groups excluding carboxylic acids is 1. The molecule has 26 heavy (non-hydrogen) atoms. The normalized spacial score (nSPS) is 16.2. The van der Waals surface area contributed by atoms with Crippen molar-refractivity contribution in [3.8, 4) is 0 Å². The molecule has 1 N–H and O–H groups in total. The summed E-state index contributed by atoms with van der Waals surface area (Å²) in [7, 11) is 0. The topological polar surface area (TPSA) is 32.3 Å². The summed E-state index contributed by atoms with van der Waals surface area (Å²) in [5.74, 6) is 0.0215. The van der Waals surface area contributed by atoms with Gasteiger partial charge < -0.3 is 5.32 Å². The van der Waals surface area contributed by atoms with Gasteiger partial charge in [-0.1, -0.05) is 48.0 Å². The van der Waals surface area contributed by atoms with Crippen molar-refractivity contribution in [2.75, 3.05) is 10.2 Å². The molecule has 0 fully saturated rings. The maximum absolute atomic E-state index is 13.4. The van der Waals surface area contributed by atoms with Crippen LogP contribution in [0.1, 0.15) is 38.8 Å². The molecule has 1 unspecified atom stereocenters. The van der Waals surface area contributed by atoms with Crippen LogP contribution in [0.15, 0.2) is 66.7 Å². The molecule has 1 atom stereocenters. The van der Waals surface area contributed by atoms with Crippen LogP contribution < -0.4 is 10.2 Å². The van der Waals surface area contributed by atoms with Crippen LogP contribution in [0.5, 0.6) is 0 Å². The van der Waals surface area contributed by atoms with Gasteiger partial charge in [-0.05, 0) is 61.7 Å². The number of fused-ring (bicyclic) bond motifs is 1. The van der Waals surface area contributed by atoms with Gasteiger partial charge >= 0.3 is 0 Å². The third kappa shape index (κ3) is 2.76. The molecule has 3 aromatic rings. The minimum atomic E-state index is -0.236. The zero-order valence-corrected chi connectivity index (χ0v) is 15.3. The van der Waals surface area contributed by atoms with E-state index in [1.54, 1.807) is 0 Å². The van der Waals surface area contributed by atoms with Gasteiger partial charge in [0.1, 0.15) is 6.17 Å². The summed E-state index contributed by atoms with van der Waals surface area (Å²) in [6.45, 7) is 6.23. The molecule has 4 rings (SSSR count). The summed E-state index contributed by atoms with van der Waals surface area (Å²) in [5.41, 5.74) is 7.16. The maximum atomic E-state index is 13.4. The Labute approximate surface area is 154 Å². The number of carbonyl (C=O) groups is 1. The van der Waals surface area contributed by atoms with Crippen LogP contribution in [0.25, 0.3) is 0 Å². The van der Waals surface area contributed by atoms with E-state index in [1.165, 1.54) is 16.7 Å². The van der Waals surface area contributed by atoms with E-state index in [9.17, 15) is 4.79 Å². The molecule has 0 saturated heterocycles. The minimum Gasteiger partial charge on any atom is -0.360 e. The van der Waals surface area contributed by atoms with Gasteiger partial charge in [0.25, 0.3) is 5.91 Å². The third-order valence-corrected chi connectivity index (χ3v) is 5.09. The number of nitrogens with zero attached hydrogens (tertiary/aromatic N) is 1. The molecule has 1 heterocycles. The van der Waals surface area contributed by atoms with Crippen LogP contribution in [-0.4, -0.2) is 5.91 Å². The van der Waals surface area contributed by atoms with Gasteiger partial charge in [0.2, 0.25) is 0 Å². The first kappa shape index (κ1) is 16.4. The molecule has 3 aromatic carbocycles. The highest BCUT2D eigenvalue weighted by atomic mass is 16.2. The van der Waals surface area contributed by atoms with Crippen molar-refractivity contribution >= 4 is 17.3 Å². The van der Waals surface area contributed by atoms with Crippen LogP contribution in [0, 0.1) is 20.8 Å². The number of hydrogen-bond acceptors (Lipinski definition) is 2. The monoisotopic (exact) mass is 342 g/mol. The number of benzene rings is 3. The van der Waals surface area contributed by atoms with Crippen LogP contribution in [0.2, 0.25) is 0 Å². The Balaban J connectivity index is 1.87. The molecular formula is C23H22N2O. The fraction of sp³-hybridized carbons (Fsp3) is 0.174. The second-order valence-corrected chi connectivity index (χ2v) is 6.95. The van der Waals surface area contributed by atoms with E-state index in [-0.39, 0.29) is 12.1 Å². The number of nitrogens with one attached hydrogen (secondary N) is 1. The Morgan fingerprint density at radius 3 is 2.31 bits per heavy atom. The zero-order valence-electron chi connectivity index (χ0n) is 15.3. The Kier molecular flexibility index (Phi) is 4.00. The van der Waals surface area contributed by atoms with E-state index < -0.39 is 0 Å². The van der Waals surface area contributed by atoms with Gasteiger partial charge in [-0.3, -0.25) is 9.69 Å². The number of rotatable bonds is 2. The highest BCUT2D eigenvalue weighted by Crippen LogP contribution is 2.37. The van der Waals surface area contributed by atoms with Crippen molar-refractivity contribution in [3.05, 3.63) is 94.5 Å². The third-order valence-electron chi connectivity index (χ3n) is 5.09. The second-order valence-electron chi connectivity index (χ2n) is 6.95. The van der Waals surface area contributed by atoms with Crippen LogP contribution in [-0.2, 0) is 0 Å². The van der Waals surface area contributed by atoms with Gasteiger partial charge in [0.15, 0.2) is 0 Å². The van der Waals surface area contributed by atoms with Gasteiger partial charge in [-0.2, -0.15) is 0 Å². The molecule has 0 radical (unpaired) electrons. The molecule has 0 saturated carbocycles. The quantitative estimate of drug-likeness (QED) is 0.678. The Morgan fingerprint density at radius 2 is 1.58 bits per heavy atom. The summed E-state index contributed by atoms with van der Waals surface area (Å²) in [4.78, 5) is 15.2. The Bertz CT molecular complexity index is 976. The fourth-order valence-electron chi connectivity index (χ4n) is 3.38. The fourth-order valence-corrected chi connectivity index (χ4v) is 3.38. The van der Waals surface area contributed by atoms with Crippen LogP contribution in [0.3, 0.4) is 0 Å².